The van der Waals surface area contributed by atoms with Gasteiger partial charge in [0.05, 0.1) is 6.61 Å². The van der Waals surface area contributed by atoms with Gasteiger partial charge in [0.15, 0.2) is 6.29 Å². The second-order valence-electron chi connectivity index (χ2n) is 7.02. The number of aliphatic hydroxyl groups is 1. The molecule has 16 heavy (non-hydrogen) atoms. The van der Waals surface area contributed by atoms with Crippen LogP contribution in [0.2, 0.25) is 0 Å². The summed E-state index contributed by atoms with van der Waals surface area (Å²) in [5.41, 5.74) is 0. The summed E-state index contributed by atoms with van der Waals surface area (Å²) in [6.07, 6.45) is 5.54. The van der Waals surface area contributed by atoms with E-state index in [0.717, 1.165) is 48.0 Å². The van der Waals surface area contributed by atoms with Crippen molar-refractivity contribution in [3.8, 4) is 0 Å². The lowest BCUT2D eigenvalue weighted by molar-refractivity contribution is -0.0992. The van der Waals surface area contributed by atoms with Crippen LogP contribution in [0.1, 0.15) is 25.7 Å². The van der Waals surface area contributed by atoms with Crippen LogP contribution in [-0.4, -0.2) is 18.0 Å². The molecule has 88 valence electrons. The average molecular weight is 220 g/mol. The molecular formula is C14H20O2. The predicted octanol–water partition coefficient (Wildman–Crippen LogP) is 1.88. The lowest BCUT2D eigenvalue weighted by Crippen LogP contribution is -2.39. The molecule has 0 radical (unpaired) electrons. The van der Waals surface area contributed by atoms with Crippen molar-refractivity contribution in [3.05, 3.63) is 0 Å². The minimum atomic E-state index is -0.417. The van der Waals surface area contributed by atoms with Crippen LogP contribution in [0.3, 0.4) is 0 Å². The number of hydrogen-bond acceptors (Lipinski definition) is 2. The lowest BCUT2D eigenvalue weighted by atomic mass is 9.64. The lowest BCUT2D eigenvalue weighted by Gasteiger charge is -2.40. The van der Waals surface area contributed by atoms with Crippen LogP contribution >= 0.6 is 0 Å². The maximum Gasteiger partial charge on any atom is 0.157 e. The van der Waals surface area contributed by atoms with Crippen molar-refractivity contribution in [2.24, 2.45) is 47.3 Å². The van der Waals surface area contributed by atoms with Gasteiger partial charge in [-0.2, -0.15) is 0 Å². The third-order valence-electron chi connectivity index (χ3n) is 6.91. The van der Waals surface area contributed by atoms with Crippen LogP contribution in [0.15, 0.2) is 0 Å². The minimum absolute atomic E-state index is 0.417. The highest BCUT2D eigenvalue weighted by Gasteiger charge is 2.68. The van der Waals surface area contributed by atoms with Gasteiger partial charge in [0.25, 0.3) is 0 Å². The first kappa shape index (κ1) is 8.93. The average Bonchev–Trinajstić information content (AvgIpc) is 2.99. The molecule has 2 nitrogen and oxygen atoms in total. The van der Waals surface area contributed by atoms with E-state index < -0.39 is 6.29 Å². The molecular weight excluding hydrogens is 200 g/mol. The van der Waals surface area contributed by atoms with Gasteiger partial charge in [-0.15, -0.1) is 0 Å². The quantitative estimate of drug-likeness (QED) is 0.632. The van der Waals surface area contributed by atoms with Crippen molar-refractivity contribution in [1.82, 2.24) is 0 Å². The molecule has 4 bridgehead atoms. The number of ether oxygens (including phenoxy) is 1. The Morgan fingerprint density at radius 3 is 2.38 bits per heavy atom. The Morgan fingerprint density at radius 1 is 0.812 bits per heavy atom. The van der Waals surface area contributed by atoms with Crippen LogP contribution in [0.5, 0.6) is 0 Å². The SMILES string of the molecule is OC1OCC2C3CC(C12)C1C2CCC(C2)C31. The zero-order valence-corrected chi connectivity index (χ0v) is 9.59. The zero-order valence-electron chi connectivity index (χ0n) is 9.59. The summed E-state index contributed by atoms with van der Waals surface area (Å²) in [5, 5.41) is 9.99. The molecule has 0 spiro atoms. The summed E-state index contributed by atoms with van der Waals surface area (Å²) >= 11 is 0. The molecule has 9 unspecified atom stereocenters. The fraction of sp³-hybridized carbons (Fsp3) is 1.00. The van der Waals surface area contributed by atoms with Gasteiger partial charge in [-0.1, -0.05) is 0 Å². The highest BCUT2D eigenvalue weighted by atomic mass is 16.6. The maximum atomic E-state index is 9.99. The van der Waals surface area contributed by atoms with E-state index in [1.807, 2.05) is 0 Å². The second-order valence-corrected chi connectivity index (χ2v) is 7.02. The van der Waals surface area contributed by atoms with E-state index in [-0.39, 0.29) is 0 Å². The molecule has 4 aliphatic carbocycles. The Morgan fingerprint density at radius 2 is 1.56 bits per heavy atom. The molecule has 0 aromatic heterocycles. The predicted molar refractivity (Wildman–Crippen MR) is 58.3 cm³/mol. The van der Waals surface area contributed by atoms with Crippen LogP contribution in [0.4, 0.5) is 0 Å². The number of hydrogen-bond donors (Lipinski definition) is 1. The first-order valence-corrected chi connectivity index (χ1v) is 7.14. The van der Waals surface area contributed by atoms with E-state index in [0.29, 0.717) is 5.92 Å². The standard InChI is InChI=1S/C14H20O2/c15-14-13-9-4-8(10(13)5-16-14)11-6-1-2-7(3-6)12(9)11/h6-15H,1-5H2. The maximum absolute atomic E-state index is 9.99. The third-order valence-corrected chi connectivity index (χ3v) is 6.91. The fourth-order valence-electron chi connectivity index (χ4n) is 6.73. The van der Waals surface area contributed by atoms with Crippen LogP contribution < -0.4 is 0 Å². The molecule has 1 N–H and O–H groups in total. The van der Waals surface area contributed by atoms with Crippen LogP contribution in [0.25, 0.3) is 0 Å². The van der Waals surface area contributed by atoms with Gasteiger partial charge in [-0.05, 0) is 67.1 Å². The van der Waals surface area contributed by atoms with E-state index in [1.165, 1.54) is 25.7 Å². The van der Waals surface area contributed by atoms with Gasteiger partial charge in [0.1, 0.15) is 0 Å². The van der Waals surface area contributed by atoms with Crippen molar-refractivity contribution < 1.29 is 9.84 Å². The monoisotopic (exact) mass is 220 g/mol. The van der Waals surface area contributed by atoms with Gasteiger partial charge in [-0.3, -0.25) is 0 Å². The van der Waals surface area contributed by atoms with Gasteiger partial charge < -0.3 is 9.84 Å². The van der Waals surface area contributed by atoms with Gasteiger partial charge in [-0.25, -0.2) is 0 Å². The third kappa shape index (κ3) is 0.799. The largest absolute Gasteiger partial charge is 0.368 e. The summed E-state index contributed by atoms with van der Waals surface area (Å²) in [6, 6.07) is 0. The zero-order chi connectivity index (χ0) is 10.4. The molecule has 0 amide bonds. The Hall–Kier alpha value is -0.0800. The number of aliphatic hydroxyl groups excluding tert-OH is 1. The Balaban J connectivity index is 1.57. The normalized spacial score (nSPS) is 69.9. The van der Waals surface area contributed by atoms with Gasteiger partial charge >= 0.3 is 0 Å². The Kier molecular flexibility index (Phi) is 1.49. The molecule has 1 heterocycles. The van der Waals surface area contributed by atoms with Crippen molar-refractivity contribution in [2.75, 3.05) is 6.61 Å². The number of fused-ring (bicyclic) bond motifs is 12. The Bertz CT molecular complexity index is 342. The summed E-state index contributed by atoms with van der Waals surface area (Å²) in [4.78, 5) is 0. The smallest absolute Gasteiger partial charge is 0.157 e. The van der Waals surface area contributed by atoms with E-state index in [2.05, 4.69) is 0 Å². The number of rotatable bonds is 0. The molecule has 0 aromatic carbocycles. The molecule has 5 aliphatic rings. The summed E-state index contributed by atoms with van der Waals surface area (Å²) in [7, 11) is 0. The summed E-state index contributed by atoms with van der Waals surface area (Å²) in [5.74, 6) is 7.11. The van der Waals surface area contributed by atoms with E-state index in [9.17, 15) is 5.11 Å². The Labute approximate surface area is 96.4 Å². The molecule has 5 rings (SSSR count). The molecule has 1 aliphatic heterocycles. The van der Waals surface area contributed by atoms with E-state index >= 15 is 0 Å². The summed E-state index contributed by atoms with van der Waals surface area (Å²) in [6.45, 7) is 0.855. The molecule has 1 saturated heterocycles. The van der Waals surface area contributed by atoms with Crippen molar-refractivity contribution in [2.45, 2.75) is 32.0 Å². The molecule has 5 fully saturated rings. The summed E-state index contributed by atoms with van der Waals surface area (Å²) < 4.78 is 5.51. The molecule has 0 aromatic rings. The highest BCUT2D eigenvalue weighted by Crippen LogP contribution is 2.71. The van der Waals surface area contributed by atoms with Gasteiger partial charge in [0, 0.05) is 5.92 Å². The van der Waals surface area contributed by atoms with Crippen molar-refractivity contribution in [3.63, 3.8) is 0 Å². The van der Waals surface area contributed by atoms with Gasteiger partial charge in [0.2, 0.25) is 0 Å². The first-order chi connectivity index (χ1) is 7.84. The molecule has 4 saturated carbocycles. The van der Waals surface area contributed by atoms with E-state index in [1.54, 1.807) is 0 Å². The van der Waals surface area contributed by atoms with Crippen LogP contribution in [-0.2, 0) is 4.74 Å². The van der Waals surface area contributed by atoms with Crippen molar-refractivity contribution >= 4 is 0 Å². The fourth-order valence-corrected chi connectivity index (χ4v) is 6.73. The topological polar surface area (TPSA) is 29.5 Å². The van der Waals surface area contributed by atoms with E-state index in [4.69, 9.17) is 4.74 Å². The van der Waals surface area contributed by atoms with Crippen LogP contribution in [0, 0.1) is 47.3 Å². The highest BCUT2D eigenvalue weighted by molar-refractivity contribution is 5.14. The second kappa shape index (κ2) is 2.67. The first-order valence-electron chi connectivity index (χ1n) is 7.14. The minimum Gasteiger partial charge on any atom is -0.368 e. The molecule has 2 heteroatoms. The molecule has 9 atom stereocenters. The van der Waals surface area contributed by atoms with Crippen molar-refractivity contribution in [1.29, 1.82) is 0 Å².